The lowest BCUT2D eigenvalue weighted by Crippen LogP contribution is -2.34. The van der Waals surface area contributed by atoms with E-state index in [2.05, 4.69) is 24.8 Å². The summed E-state index contributed by atoms with van der Waals surface area (Å²) in [5.41, 5.74) is 1.60. The molecule has 0 radical (unpaired) electrons. The van der Waals surface area contributed by atoms with Crippen molar-refractivity contribution in [3.63, 3.8) is 0 Å². The Labute approximate surface area is 107 Å². The Kier molecular flexibility index (Phi) is 5.33. The smallest absolute Gasteiger partial charge is 0.103 e. The number of thioether (sulfide) groups is 1. The van der Waals surface area contributed by atoms with Gasteiger partial charge in [0.15, 0.2) is 0 Å². The van der Waals surface area contributed by atoms with E-state index in [4.69, 9.17) is 5.11 Å². The van der Waals surface area contributed by atoms with Gasteiger partial charge in [-0.25, -0.2) is 0 Å². The van der Waals surface area contributed by atoms with Gasteiger partial charge in [-0.15, -0.1) is 11.8 Å². The molecule has 4 heteroatoms. The molecule has 1 aromatic carbocycles. The third kappa shape index (κ3) is 3.15. The summed E-state index contributed by atoms with van der Waals surface area (Å²) in [6, 6.07) is 8.36. The topological polar surface area (TPSA) is 47.3 Å². The normalized spacial score (nSPS) is 10.4. The zero-order chi connectivity index (χ0) is 12.8. The molecule has 0 heterocycles. The highest BCUT2D eigenvalue weighted by Crippen LogP contribution is 2.29. The summed E-state index contributed by atoms with van der Waals surface area (Å²) in [4.78, 5) is 3.03. The predicted octanol–water partition coefficient (Wildman–Crippen LogP) is 2.49. The van der Waals surface area contributed by atoms with Crippen LogP contribution in [0, 0.1) is 11.3 Å². The Bertz CT molecular complexity index is 412. The van der Waals surface area contributed by atoms with Gasteiger partial charge in [0, 0.05) is 17.5 Å². The van der Waals surface area contributed by atoms with E-state index in [0.717, 1.165) is 10.6 Å². The number of nitrogens with zero attached hydrogens (tertiary/aromatic N) is 2. The Balaban J connectivity index is 3.23. The number of anilines is 1. The summed E-state index contributed by atoms with van der Waals surface area (Å²) in [5, 5.41) is 18.4. The van der Waals surface area contributed by atoms with E-state index in [1.807, 2.05) is 24.5 Å². The number of rotatable bonds is 5. The van der Waals surface area contributed by atoms with Gasteiger partial charge in [-0.3, -0.25) is 0 Å². The fraction of sp³-hybridized carbons (Fsp3) is 0.462. The highest BCUT2D eigenvalue weighted by atomic mass is 32.2. The molecule has 0 aliphatic rings. The molecule has 0 bridgehead atoms. The maximum Gasteiger partial charge on any atom is 0.103 e. The lowest BCUT2D eigenvalue weighted by molar-refractivity contribution is 0.299. The largest absolute Gasteiger partial charge is 0.395 e. The Morgan fingerprint density at radius 2 is 2.18 bits per heavy atom. The van der Waals surface area contributed by atoms with E-state index >= 15 is 0 Å². The van der Waals surface area contributed by atoms with Crippen molar-refractivity contribution in [2.75, 3.05) is 24.3 Å². The predicted molar refractivity (Wildman–Crippen MR) is 72.5 cm³/mol. The minimum atomic E-state index is 0.0898. The summed E-state index contributed by atoms with van der Waals surface area (Å²) in [6.45, 7) is 4.75. The molecular formula is C13H18N2OS. The molecule has 1 rings (SSSR count). The van der Waals surface area contributed by atoms with Crippen molar-refractivity contribution in [2.24, 2.45) is 0 Å². The van der Waals surface area contributed by atoms with Gasteiger partial charge in [-0.05, 0) is 32.2 Å². The first-order chi connectivity index (χ1) is 8.15. The molecule has 1 aromatic rings. The second-order valence-electron chi connectivity index (χ2n) is 3.98. The number of aliphatic hydroxyl groups excluding tert-OH is 1. The van der Waals surface area contributed by atoms with Gasteiger partial charge >= 0.3 is 0 Å². The first-order valence-electron chi connectivity index (χ1n) is 5.60. The lowest BCUT2D eigenvalue weighted by atomic mass is 10.1. The van der Waals surface area contributed by atoms with Gasteiger partial charge in [-0.2, -0.15) is 5.26 Å². The van der Waals surface area contributed by atoms with Crippen molar-refractivity contribution in [1.29, 1.82) is 5.26 Å². The molecule has 0 amide bonds. The Hall–Kier alpha value is -1.18. The fourth-order valence-corrected chi connectivity index (χ4v) is 2.37. The molecule has 0 fully saturated rings. The van der Waals surface area contributed by atoms with Crippen molar-refractivity contribution < 1.29 is 5.11 Å². The second kappa shape index (κ2) is 6.53. The highest BCUT2D eigenvalue weighted by molar-refractivity contribution is 7.98. The van der Waals surface area contributed by atoms with E-state index in [-0.39, 0.29) is 12.6 Å². The van der Waals surface area contributed by atoms with E-state index in [1.54, 1.807) is 11.8 Å². The zero-order valence-corrected chi connectivity index (χ0v) is 11.3. The molecule has 0 saturated heterocycles. The maximum absolute atomic E-state index is 9.28. The van der Waals surface area contributed by atoms with Crippen LogP contribution < -0.4 is 4.90 Å². The summed E-state index contributed by atoms with van der Waals surface area (Å²) < 4.78 is 0. The number of nitriles is 1. The Morgan fingerprint density at radius 3 is 2.65 bits per heavy atom. The molecule has 0 unspecified atom stereocenters. The third-order valence-corrected chi connectivity index (χ3v) is 3.39. The van der Waals surface area contributed by atoms with Crippen LogP contribution in [0.15, 0.2) is 23.1 Å². The fourth-order valence-electron chi connectivity index (χ4n) is 1.81. The average molecular weight is 250 g/mol. The summed E-state index contributed by atoms with van der Waals surface area (Å²) >= 11 is 1.57. The third-order valence-electron chi connectivity index (χ3n) is 2.61. The van der Waals surface area contributed by atoms with Crippen LogP contribution in [0.5, 0.6) is 0 Å². The van der Waals surface area contributed by atoms with E-state index in [9.17, 15) is 5.26 Å². The van der Waals surface area contributed by atoms with Gasteiger partial charge in [0.1, 0.15) is 6.07 Å². The molecule has 3 nitrogen and oxygen atoms in total. The highest BCUT2D eigenvalue weighted by Gasteiger charge is 2.16. The van der Waals surface area contributed by atoms with Crippen LogP contribution in [0.25, 0.3) is 0 Å². The van der Waals surface area contributed by atoms with Crippen LogP contribution >= 0.6 is 11.8 Å². The van der Waals surface area contributed by atoms with E-state index in [0.29, 0.717) is 12.1 Å². The molecule has 0 aliphatic heterocycles. The molecular weight excluding hydrogens is 232 g/mol. The van der Waals surface area contributed by atoms with Crippen molar-refractivity contribution in [2.45, 2.75) is 24.8 Å². The van der Waals surface area contributed by atoms with Crippen LogP contribution in [0.1, 0.15) is 19.4 Å². The number of aliphatic hydroxyl groups is 1. The average Bonchev–Trinajstić information content (AvgIpc) is 2.34. The van der Waals surface area contributed by atoms with Crippen molar-refractivity contribution in [3.8, 4) is 6.07 Å². The van der Waals surface area contributed by atoms with Crippen LogP contribution in [0.3, 0.4) is 0 Å². The first kappa shape index (κ1) is 13.9. The van der Waals surface area contributed by atoms with E-state index < -0.39 is 0 Å². The molecule has 0 saturated carbocycles. The van der Waals surface area contributed by atoms with Crippen LogP contribution in [0.2, 0.25) is 0 Å². The molecule has 0 atom stereocenters. The van der Waals surface area contributed by atoms with Crippen LogP contribution in [-0.2, 0) is 0 Å². The molecule has 1 N–H and O–H groups in total. The van der Waals surface area contributed by atoms with Crippen molar-refractivity contribution >= 4 is 17.4 Å². The molecule has 0 aliphatic carbocycles. The molecule has 92 valence electrons. The summed E-state index contributed by atoms with van der Waals surface area (Å²) in [6.07, 6.45) is 1.96. The monoisotopic (exact) mass is 250 g/mol. The number of hydrogen-bond donors (Lipinski definition) is 1. The SMILES string of the molecule is CSc1cccc(N(CCO)C(C)C)c1C#N. The van der Waals surface area contributed by atoms with Crippen molar-refractivity contribution in [3.05, 3.63) is 23.8 Å². The van der Waals surface area contributed by atoms with Gasteiger partial charge in [0.05, 0.1) is 17.9 Å². The van der Waals surface area contributed by atoms with Gasteiger partial charge in [0.25, 0.3) is 0 Å². The quantitative estimate of drug-likeness (QED) is 0.816. The minimum absolute atomic E-state index is 0.0898. The summed E-state index contributed by atoms with van der Waals surface area (Å²) in [7, 11) is 0. The molecule has 17 heavy (non-hydrogen) atoms. The lowest BCUT2D eigenvalue weighted by Gasteiger charge is -2.29. The first-order valence-corrected chi connectivity index (χ1v) is 6.82. The number of benzene rings is 1. The Morgan fingerprint density at radius 1 is 1.47 bits per heavy atom. The summed E-state index contributed by atoms with van der Waals surface area (Å²) in [5.74, 6) is 0. The molecule has 0 spiro atoms. The zero-order valence-electron chi connectivity index (χ0n) is 10.5. The van der Waals surface area contributed by atoms with Gasteiger partial charge in [0.2, 0.25) is 0 Å². The number of hydrogen-bond acceptors (Lipinski definition) is 4. The standard InChI is InChI=1S/C13H18N2OS/c1-10(2)15(7-8-16)12-5-4-6-13(17-3)11(12)9-14/h4-6,10,16H,7-8H2,1-3H3. The van der Waals surface area contributed by atoms with Crippen LogP contribution in [-0.4, -0.2) is 30.6 Å². The van der Waals surface area contributed by atoms with E-state index in [1.165, 1.54) is 0 Å². The maximum atomic E-state index is 9.28. The van der Waals surface area contributed by atoms with Crippen molar-refractivity contribution in [1.82, 2.24) is 0 Å². The minimum Gasteiger partial charge on any atom is -0.395 e. The van der Waals surface area contributed by atoms with Gasteiger partial charge < -0.3 is 10.0 Å². The van der Waals surface area contributed by atoms with Gasteiger partial charge in [-0.1, -0.05) is 6.07 Å². The second-order valence-corrected chi connectivity index (χ2v) is 4.83. The molecule has 0 aromatic heterocycles. The van der Waals surface area contributed by atoms with Crippen LogP contribution in [0.4, 0.5) is 5.69 Å².